The third-order valence-corrected chi connectivity index (χ3v) is 4.81. The summed E-state index contributed by atoms with van der Waals surface area (Å²) in [4.78, 5) is 16.3. The van der Waals surface area contributed by atoms with Gasteiger partial charge in [-0.25, -0.2) is 13.3 Å². The van der Waals surface area contributed by atoms with Gasteiger partial charge in [0.2, 0.25) is 0 Å². The molecule has 0 aromatic rings. The van der Waals surface area contributed by atoms with Crippen molar-refractivity contribution in [1.29, 1.82) is 0 Å². The minimum atomic E-state index is -1.85. The lowest BCUT2D eigenvalue weighted by atomic mass is 10.2. The summed E-state index contributed by atoms with van der Waals surface area (Å²) in [7, 11) is 1.35. The van der Waals surface area contributed by atoms with E-state index in [-0.39, 0.29) is 4.75 Å². The van der Waals surface area contributed by atoms with E-state index < -0.39 is 17.4 Å². The molecule has 0 spiro atoms. The highest BCUT2D eigenvalue weighted by Crippen LogP contribution is 2.18. The Kier molecular flexibility index (Phi) is 10.7. The molecule has 124 valence electrons. The summed E-state index contributed by atoms with van der Waals surface area (Å²) in [5.41, 5.74) is 0. The number of oxime groups is 1. The molecule has 0 aromatic heterocycles. The molecule has 0 heterocycles. The minimum absolute atomic E-state index is 0.228. The number of hydrogen-bond donors (Lipinski definition) is 0. The molecule has 1 atom stereocenters. The largest absolute Gasteiger partial charge is 0.449 e. The summed E-state index contributed by atoms with van der Waals surface area (Å²) in [5.74, 6) is 0. The Bertz CT molecular complexity index is 362. The Labute approximate surface area is 134 Å². The first kappa shape index (κ1) is 20.4. The summed E-state index contributed by atoms with van der Waals surface area (Å²) >= 11 is -0.275. The molecule has 0 aliphatic carbocycles. The third-order valence-electron chi connectivity index (χ3n) is 2.68. The Balaban J connectivity index is 4.05. The highest BCUT2D eigenvalue weighted by Gasteiger charge is 2.19. The maximum atomic E-state index is 11.7. The van der Waals surface area contributed by atoms with Crippen molar-refractivity contribution >= 4 is 35.3 Å². The summed E-state index contributed by atoms with van der Waals surface area (Å²) in [6, 6.07) is 0. The molecule has 1 unspecified atom stereocenters. The van der Waals surface area contributed by atoms with E-state index in [2.05, 4.69) is 16.9 Å². The highest BCUT2D eigenvalue weighted by atomic mass is 32.2. The molecule has 0 radical (unpaired) electrons. The molecule has 0 aliphatic heterocycles. The van der Waals surface area contributed by atoms with Gasteiger partial charge in [0.15, 0.2) is 0 Å². The van der Waals surface area contributed by atoms with Crippen molar-refractivity contribution in [3.63, 3.8) is 0 Å². The number of nitrogens with zero attached hydrogens (tertiary/aromatic N) is 2. The maximum absolute atomic E-state index is 11.7. The van der Waals surface area contributed by atoms with E-state index >= 15 is 0 Å². The molecular formula is C13H26N2O4S2. The zero-order valence-corrected chi connectivity index (χ0v) is 15.1. The Hall–Kier alpha value is -0.600. The second-order valence-electron chi connectivity index (χ2n) is 5.00. The van der Waals surface area contributed by atoms with Gasteiger partial charge < -0.3 is 0 Å². The van der Waals surface area contributed by atoms with Crippen LogP contribution in [-0.2, 0) is 20.3 Å². The number of carbonyl (C=O) groups is 1. The number of thioether (sulfide) groups is 1. The Morgan fingerprint density at radius 1 is 1.38 bits per heavy atom. The van der Waals surface area contributed by atoms with Crippen LogP contribution in [0.5, 0.6) is 0 Å². The molecule has 6 nitrogen and oxygen atoms in total. The molecule has 8 heteroatoms. The van der Waals surface area contributed by atoms with Crippen LogP contribution < -0.4 is 0 Å². The molecule has 0 fully saturated rings. The van der Waals surface area contributed by atoms with Gasteiger partial charge in [-0.1, -0.05) is 31.3 Å². The minimum Gasteiger partial charge on any atom is -0.297 e. The van der Waals surface area contributed by atoms with Gasteiger partial charge >= 0.3 is 6.09 Å². The molecule has 0 rings (SSSR count). The first-order valence-corrected chi connectivity index (χ1v) is 9.19. The predicted molar refractivity (Wildman–Crippen MR) is 88.6 cm³/mol. The molecule has 0 aromatic carbocycles. The number of amides is 1. The topological polar surface area (TPSA) is 68.2 Å². The van der Waals surface area contributed by atoms with Crippen LogP contribution in [0, 0.1) is 0 Å². The second kappa shape index (κ2) is 11.0. The smallest absolute Gasteiger partial charge is 0.297 e. The number of unbranched alkanes of at least 4 members (excludes halogenated alkanes) is 3. The van der Waals surface area contributed by atoms with Crippen molar-refractivity contribution in [1.82, 2.24) is 4.31 Å². The standard InChI is InChI=1S/C13H26N2O4S2/c1-6-7-8-9-10-18-21(17)15(4)12(16)19-14-11-13(2,3)20-5/h11H,6-10H2,1-5H3. The average molecular weight is 338 g/mol. The van der Waals surface area contributed by atoms with E-state index in [1.54, 1.807) is 11.8 Å². The van der Waals surface area contributed by atoms with Crippen molar-refractivity contribution in [2.75, 3.05) is 19.9 Å². The Morgan fingerprint density at radius 2 is 2.05 bits per heavy atom. The number of hydrogen-bond acceptors (Lipinski definition) is 6. The van der Waals surface area contributed by atoms with Crippen molar-refractivity contribution in [3.05, 3.63) is 0 Å². The van der Waals surface area contributed by atoms with Crippen LogP contribution in [0.2, 0.25) is 0 Å². The van der Waals surface area contributed by atoms with E-state index in [1.807, 2.05) is 20.1 Å². The van der Waals surface area contributed by atoms with Gasteiger partial charge in [0.25, 0.3) is 11.3 Å². The molecule has 0 N–H and O–H groups in total. The van der Waals surface area contributed by atoms with E-state index in [4.69, 9.17) is 4.18 Å². The lowest BCUT2D eigenvalue weighted by molar-refractivity contribution is 0.133. The van der Waals surface area contributed by atoms with Crippen LogP contribution in [0.1, 0.15) is 46.5 Å². The summed E-state index contributed by atoms with van der Waals surface area (Å²) in [5, 5.41) is 3.61. The van der Waals surface area contributed by atoms with Gasteiger partial charge in [0, 0.05) is 11.8 Å². The molecular weight excluding hydrogens is 312 g/mol. The van der Waals surface area contributed by atoms with Crippen LogP contribution in [0.4, 0.5) is 4.79 Å². The highest BCUT2D eigenvalue weighted by molar-refractivity contribution is 8.00. The van der Waals surface area contributed by atoms with Crippen molar-refractivity contribution in [2.45, 2.75) is 51.2 Å². The molecule has 0 aliphatic rings. The zero-order valence-electron chi connectivity index (χ0n) is 13.5. The van der Waals surface area contributed by atoms with Gasteiger partial charge in [-0.05, 0) is 26.5 Å². The fourth-order valence-electron chi connectivity index (χ4n) is 1.11. The fraction of sp³-hybridized carbons (Fsp3) is 0.846. The molecule has 0 bridgehead atoms. The van der Waals surface area contributed by atoms with Gasteiger partial charge in [0.1, 0.15) is 0 Å². The van der Waals surface area contributed by atoms with Crippen LogP contribution in [-0.4, -0.2) is 45.5 Å². The number of carbonyl (C=O) groups excluding carboxylic acids is 1. The van der Waals surface area contributed by atoms with Gasteiger partial charge in [-0.3, -0.25) is 9.02 Å². The van der Waals surface area contributed by atoms with Crippen molar-refractivity contribution < 1.29 is 18.0 Å². The summed E-state index contributed by atoms with van der Waals surface area (Å²) in [6.45, 7) is 6.35. The van der Waals surface area contributed by atoms with Crippen LogP contribution in [0.3, 0.4) is 0 Å². The molecule has 0 saturated heterocycles. The first-order chi connectivity index (χ1) is 9.84. The van der Waals surface area contributed by atoms with E-state index in [9.17, 15) is 9.00 Å². The van der Waals surface area contributed by atoms with Gasteiger partial charge in [0.05, 0.1) is 12.8 Å². The summed E-state index contributed by atoms with van der Waals surface area (Å²) < 4.78 is 17.4. The third kappa shape index (κ3) is 9.87. The predicted octanol–water partition coefficient (Wildman–Crippen LogP) is 3.36. The van der Waals surface area contributed by atoms with Crippen LogP contribution >= 0.6 is 11.8 Å². The molecule has 1 amide bonds. The van der Waals surface area contributed by atoms with Gasteiger partial charge in [-0.2, -0.15) is 11.8 Å². The normalized spacial score (nSPS) is 13.4. The van der Waals surface area contributed by atoms with Crippen molar-refractivity contribution in [3.8, 4) is 0 Å². The first-order valence-electron chi connectivity index (χ1n) is 6.93. The van der Waals surface area contributed by atoms with Crippen LogP contribution in [0.25, 0.3) is 0 Å². The van der Waals surface area contributed by atoms with E-state index in [1.165, 1.54) is 13.3 Å². The van der Waals surface area contributed by atoms with Crippen molar-refractivity contribution in [2.24, 2.45) is 5.16 Å². The zero-order chi connectivity index (χ0) is 16.3. The summed E-state index contributed by atoms with van der Waals surface area (Å²) in [6.07, 6.45) is 6.74. The second-order valence-corrected chi connectivity index (χ2v) is 7.67. The maximum Gasteiger partial charge on any atom is 0.449 e. The molecule has 21 heavy (non-hydrogen) atoms. The number of rotatable bonds is 10. The quantitative estimate of drug-likeness (QED) is 0.264. The van der Waals surface area contributed by atoms with Gasteiger partial charge in [-0.15, -0.1) is 0 Å². The SMILES string of the molecule is CCCCCCOS(=O)N(C)C(=O)ON=CC(C)(C)SC. The van der Waals surface area contributed by atoms with Crippen LogP contribution in [0.15, 0.2) is 5.16 Å². The lowest BCUT2D eigenvalue weighted by Crippen LogP contribution is -2.30. The van der Waals surface area contributed by atoms with E-state index in [0.717, 1.165) is 30.0 Å². The monoisotopic (exact) mass is 338 g/mol. The Morgan fingerprint density at radius 3 is 2.62 bits per heavy atom. The fourth-order valence-corrected chi connectivity index (χ4v) is 1.83. The van der Waals surface area contributed by atoms with E-state index in [0.29, 0.717) is 6.61 Å². The molecule has 0 saturated carbocycles. The average Bonchev–Trinajstić information content (AvgIpc) is 2.45. The lowest BCUT2D eigenvalue weighted by Gasteiger charge is -2.15.